The van der Waals surface area contributed by atoms with Crippen LogP contribution in [0.2, 0.25) is 0 Å². The van der Waals surface area contributed by atoms with Crippen molar-refractivity contribution in [1.82, 2.24) is 0 Å². The predicted octanol–water partition coefficient (Wildman–Crippen LogP) is 3.94. The number of benzene rings is 2. The number of nitrogens with one attached hydrogen (secondary N) is 1. The molecule has 0 radical (unpaired) electrons. The SMILES string of the molecule is C=CCOc1ccccc1CNc1cc(C(C)=O)ccc1C#N. The van der Waals surface area contributed by atoms with Crippen LogP contribution in [0.4, 0.5) is 5.69 Å². The highest BCUT2D eigenvalue weighted by Crippen LogP contribution is 2.22. The minimum Gasteiger partial charge on any atom is -0.489 e. The van der Waals surface area contributed by atoms with E-state index in [2.05, 4.69) is 18.0 Å². The molecule has 0 amide bonds. The Morgan fingerprint density at radius 1 is 1.35 bits per heavy atom. The van der Waals surface area contributed by atoms with E-state index < -0.39 is 0 Å². The molecule has 0 aliphatic rings. The van der Waals surface area contributed by atoms with E-state index in [9.17, 15) is 10.1 Å². The number of carbonyl (C=O) groups excluding carboxylic acids is 1. The monoisotopic (exact) mass is 306 g/mol. The molecule has 0 heterocycles. The van der Waals surface area contributed by atoms with Crippen molar-refractivity contribution in [3.63, 3.8) is 0 Å². The van der Waals surface area contributed by atoms with Gasteiger partial charge in [-0.2, -0.15) is 5.26 Å². The molecule has 0 aromatic heterocycles. The number of carbonyl (C=O) groups is 1. The first kappa shape index (κ1) is 16.3. The fraction of sp³-hybridized carbons (Fsp3) is 0.158. The number of hydrogen-bond acceptors (Lipinski definition) is 4. The van der Waals surface area contributed by atoms with Crippen LogP contribution in [0.25, 0.3) is 0 Å². The number of ketones is 1. The lowest BCUT2D eigenvalue weighted by molar-refractivity contribution is 0.101. The molecule has 0 aliphatic heterocycles. The second-order valence-corrected chi connectivity index (χ2v) is 4.99. The summed E-state index contributed by atoms with van der Waals surface area (Å²) >= 11 is 0. The zero-order chi connectivity index (χ0) is 16.7. The van der Waals surface area contributed by atoms with Gasteiger partial charge in [0.15, 0.2) is 5.78 Å². The molecule has 0 aliphatic carbocycles. The van der Waals surface area contributed by atoms with Gasteiger partial charge in [-0.25, -0.2) is 0 Å². The van der Waals surface area contributed by atoms with Crippen molar-refractivity contribution >= 4 is 11.5 Å². The molecular formula is C19H18N2O2. The van der Waals surface area contributed by atoms with Gasteiger partial charge in [0.25, 0.3) is 0 Å². The third kappa shape index (κ3) is 4.21. The maximum absolute atomic E-state index is 11.5. The Balaban J connectivity index is 2.21. The Morgan fingerprint density at radius 2 is 2.13 bits per heavy atom. The van der Waals surface area contributed by atoms with Crippen LogP contribution < -0.4 is 10.1 Å². The standard InChI is InChI=1S/C19H18N2O2/c1-3-10-23-19-7-5-4-6-17(19)13-21-18-11-15(14(2)22)8-9-16(18)12-20/h3-9,11,21H,1,10,13H2,2H3. The lowest BCUT2D eigenvalue weighted by Gasteiger charge is -2.13. The van der Waals surface area contributed by atoms with Crippen LogP contribution in [-0.2, 0) is 6.54 Å². The molecule has 0 atom stereocenters. The van der Waals surface area contributed by atoms with Crippen molar-refractivity contribution in [3.05, 3.63) is 71.8 Å². The first-order valence-corrected chi connectivity index (χ1v) is 7.26. The van der Waals surface area contributed by atoms with Crippen LogP contribution in [0.15, 0.2) is 55.1 Å². The van der Waals surface area contributed by atoms with Gasteiger partial charge in [0, 0.05) is 17.7 Å². The first-order valence-electron chi connectivity index (χ1n) is 7.26. The third-order valence-corrected chi connectivity index (χ3v) is 3.35. The van der Waals surface area contributed by atoms with Gasteiger partial charge in [-0.05, 0) is 31.2 Å². The fourth-order valence-corrected chi connectivity index (χ4v) is 2.14. The number of rotatable bonds is 7. The summed E-state index contributed by atoms with van der Waals surface area (Å²) in [5.74, 6) is 0.730. The highest BCUT2D eigenvalue weighted by Gasteiger charge is 2.08. The van der Waals surface area contributed by atoms with E-state index in [0.717, 1.165) is 11.3 Å². The van der Waals surface area contributed by atoms with E-state index >= 15 is 0 Å². The summed E-state index contributed by atoms with van der Waals surface area (Å²) in [4.78, 5) is 11.5. The highest BCUT2D eigenvalue weighted by molar-refractivity contribution is 5.95. The minimum absolute atomic E-state index is 0.0349. The van der Waals surface area contributed by atoms with Crippen LogP contribution in [-0.4, -0.2) is 12.4 Å². The summed E-state index contributed by atoms with van der Waals surface area (Å²) in [7, 11) is 0. The molecule has 2 aromatic carbocycles. The van der Waals surface area contributed by atoms with Crippen LogP contribution in [0.1, 0.15) is 28.4 Å². The molecule has 0 spiro atoms. The van der Waals surface area contributed by atoms with Crippen LogP contribution in [0.5, 0.6) is 5.75 Å². The molecular weight excluding hydrogens is 288 g/mol. The molecule has 4 nitrogen and oxygen atoms in total. The van der Waals surface area contributed by atoms with Gasteiger partial charge in [0.05, 0.1) is 11.3 Å². The highest BCUT2D eigenvalue weighted by atomic mass is 16.5. The molecule has 0 unspecified atom stereocenters. The number of ether oxygens (including phenoxy) is 1. The molecule has 0 bridgehead atoms. The quantitative estimate of drug-likeness (QED) is 0.621. The normalized spacial score (nSPS) is 9.74. The third-order valence-electron chi connectivity index (χ3n) is 3.35. The first-order chi connectivity index (χ1) is 11.2. The zero-order valence-electron chi connectivity index (χ0n) is 13.0. The number of Topliss-reactive ketones (excluding diaryl/α,β-unsaturated/α-hetero) is 1. The topological polar surface area (TPSA) is 62.1 Å². The maximum Gasteiger partial charge on any atom is 0.159 e. The largest absolute Gasteiger partial charge is 0.489 e. The Labute approximate surface area is 136 Å². The van der Waals surface area contributed by atoms with Gasteiger partial charge in [-0.1, -0.05) is 30.9 Å². The lowest BCUT2D eigenvalue weighted by Crippen LogP contribution is -2.05. The van der Waals surface area contributed by atoms with Crippen molar-refractivity contribution in [3.8, 4) is 11.8 Å². The van der Waals surface area contributed by atoms with E-state index in [0.29, 0.717) is 30.0 Å². The van der Waals surface area contributed by atoms with Gasteiger partial charge >= 0.3 is 0 Å². The van der Waals surface area contributed by atoms with E-state index in [1.54, 1.807) is 24.3 Å². The molecule has 1 N–H and O–H groups in total. The van der Waals surface area contributed by atoms with Crippen molar-refractivity contribution in [2.45, 2.75) is 13.5 Å². The summed E-state index contributed by atoms with van der Waals surface area (Å²) in [6.45, 7) is 6.06. The van der Waals surface area contributed by atoms with Crippen molar-refractivity contribution < 1.29 is 9.53 Å². The van der Waals surface area contributed by atoms with Crippen molar-refractivity contribution in [2.24, 2.45) is 0 Å². The molecule has 0 saturated carbocycles. The summed E-state index contributed by atoms with van der Waals surface area (Å²) < 4.78 is 5.62. The summed E-state index contributed by atoms with van der Waals surface area (Å²) in [6.07, 6.45) is 1.69. The number of hydrogen-bond donors (Lipinski definition) is 1. The Hall–Kier alpha value is -3.06. The molecule has 2 rings (SSSR count). The molecule has 0 saturated heterocycles. The van der Waals surface area contributed by atoms with Gasteiger partial charge < -0.3 is 10.1 Å². The Morgan fingerprint density at radius 3 is 2.83 bits per heavy atom. The van der Waals surface area contributed by atoms with Crippen LogP contribution in [0.3, 0.4) is 0 Å². The van der Waals surface area contributed by atoms with Crippen molar-refractivity contribution in [2.75, 3.05) is 11.9 Å². The Kier molecular flexibility index (Phi) is 5.54. The molecule has 23 heavy (non-hydrogen) atoms. The molecule has 0 fully saturated rings. The molecule has 4 heteroatoms. The average molecular weight is 306 g/mol. The molecule has 116 valence electrons. The second kappa shape index (κ2) is 7.81. The Bertz CT molecular complexity index is 760. The van der Waals surface area contributed by atoms with Crippen LogP contribution in [0, 0.1) is 11.3 Å². The predicted molar refractivity (Wildman–Crippen MR) is 90.6 cm³/mol. The average Bonchev–Trinajstić information content (AvgIpc) is 2.58. The summed E-state index contributed by atoms with van der Waals surface area (Å²) in [5.41, 5.74) is 2.67. The number of nitriles is 1. The van der Waals surface area contributed by atoms with E-state index in [4.69, 9.17) is 4.74 Å². The number of anilines is 1. The van der Waals surface area contributed by atoms with Gasteiger partial charge in [-0.3, -0.25) is 4.79 Å². The minimum atomic E-state index is -0.0349. The van der Waals surface area contributed by atoms with E-state index in [1.165, 1.54) is 6.92 Å². The van der Waals surface area contributed by atoms with Crippen LogP contribution >= 0.6 is 0 Å². The summed E-state index contributed by atoms with van der Waals surface area (Å²) in [6, 6.07) is 14.8. The number of nitrogens with zero attached hydrogens (tertiary/aromatic N) is 1. The molecule has 2 aromatic rings. The second-order valence-electron chi connectivity index (χ2n) is 4.99. The van der Waals surface area contributed by atoms with E-state index in [-0.39, 0.29) is 5.78 Å². The van der Waals surface area contributed by atoms with Gasteiger partial charge in [0.1, 0.15) is 18.4 Å². The zero-order valence-corrected chi connectivity index (χ0v) is 13.0. The summed E-state index contributed by atoms with van der Waals surface area (Å²) in [5, 5.41) is 12.4. The van der Waals surface area contributed by atoms with Crippen molar-refractivity contribution in [1.29, 1.82) is 5.26 Å². The van der Waals surface area contributed by atoms with Gasteiger partial charge in [-0.15, -0.1) is 0 Å². The smallest absolute Gasteiger partial charge is 0.159 e. The fourth-order valence-electron chi connectivity index (χ4n) is 2.14. The van der Waals surface area contributed by atoms with Gasteiger partial charge in [0.2, 0.25) is 0 Å². The lowest BCUT2D eigenvalue weighted by atomic mass is 10.1. The van der Waals surface area contributed by atoms with E-state index in [1.807, 2.05) is 24.3 Å². The number of para-hydroxylation sites is 1. The maximum atomic E-state index is 11.5.